The fraction of sp³-hybridized carbons (Fsp3) is 0.267. The lowest BCUT2D eigenvalue weighted by Gasteiger charge is -2.13. The summed E-state index contributed by atoms with van der Waals surface area (Å²) >= 11 is 3.42. The van der Waals surface area contributed by atoms with E-state index in [1.54, 1.807) is 0 Å². The van der Waals surface area contributed by atoms with Gasteiger partial charge in [0.2, 0.25) is 5.88 Å². The molecule has 0 saturated heterocycles. The van der Waals surface area contributed by atoms with Gasteiger partial charge in [-0.25, -0.2) is 4.98 Å². The fourth-order valence-electron chi connectivity index (χ4n) is 1.94. The normalized spacial score (nSPS) is 10.6. The second-order valence-electron chi connectivity index (χ2n) is 4.53. The van der Waals surface area contributed by atoms with Gasteiger partial charge in [-0.1, -0.05) is 15.9 Å². The Morgan fingerprint density at radius 1 is 1.16 bits per heavy atom. The van der Waals surface area contributed by atoms with E-state index in [1.165, 1.54) is 0 Å². The summed E-state index contributed by atoms with van der Waals surface area (Å²) in [6.07, 6.45) is 0. The van der Waals surface area contributed by atoms with Crippen LogP contribution in [0.5, 0.6) is 11.6 Å². The number of rotatable bonds is 3. The molecule has 0 radical (unpaired) electrons. The van der Waals surface area contributed by atoms with E-state index in [0.29, 0.717) is 5.88 Å². The molecule has 100 valence electrons. The van der Waals surface area contributed by atoms with Gasteiger partial charge in [0.15, 0.2) is 0 Å². The van der Waals surface area contributed by atoms with Crippen LogP contribution in [0.1, 0.15) is 22.4 Å². The first kappa shape index (κ1) is 14.0. The lowest BCUT2D eigenvalue weighted by molar-refractivity contribution is 0.274. The molecule has 0 saturated carbocycles. The zero-order valence-corrected chi connectivity index (χ0v) is 12.8. The second-order valence-corrected chi connectivity index (χ2v) is 5.45. The number of pyridine rings is 1. The number of aliphatic hydroxyl groups is 1. The quantitative estimate of drug-likeness (QED) is 0.927. The summed E-state index contributed by atoms with van der Waals surface area (Å²) < 4.78 is 6.86. The Morgan fingerprint density at radius 2 is 1.89 bits per heavy atom. The van der Waals surface area contributed by atoms with E-state index in [4.69, 9.17) is 4.74 Å². The summed E-state index contributed by atoms with van der Waals surface area (Å²) in [5, 5.41) is 9.45. The molecule has 0 aliphatic carbocycles. The number of aryl methyl sites for hydroxylation is 3. The molecule has 2 rings (SSSR count). The van der Waals surface area contributed by atoms with Crippen molar-refractivity contribution < 1.29 is 9.84 Å². The van der Waals surface area contributed by atoms with Gasteiger partial charge in [0.25, 0.3) is 0 Å². The number of aliphatic hydroxyl groups excluding tert-OH is 1. The molecule has 0 atom stereocenters. The van der Waals surface area contributed by atoms with Crippen LogP contribution in [0.15, 0.2) is 28.7 Å². The number of hydrogen-bond acceptors (Lipinski definition) is 3. The predicted molar refractivity (Wildman–Crippen MR) is 78.6 cm³/mol. The third-order valence-corrected chi connectivity index (χ3v) is 3.43. The molecular weight excluding hydrogens is 306 g/mol. The van der Waals surface area contributed by atoms with E-state index in [2.05, 4.69) is 20.9 Å². The fourth-order valence-corrected chi connectivity index (χ4v) is 2.41. The molecule has 1 heterocycles. The molecule has 3 nitrogen and oxygen atoms in total. The summed E-state index contributed by atoms with van der Waals surface area (Å²) in [5.74, 6) is 1.22. The van der Waals surface area contributed by atoms with E-state index in [1.807, 2.05) is 45.0 Å². The minimum absolute atomic E-state index is 0.0793. The van der Waals surface area contributed by atoms with Crippen LogP contribution >= 0.6 is 15.9 Å². The van der Waals surface area contributed by atoms with Gasteiger partial charge >= 0.3 is 0 Å². The molecule has 1 aromatic carbocycles. The number of benzene rings is 1. The minimum Gasteiger partial charge on any atom is -0.438 e. The van der Waals surface area contributed by atoms with Crippen LogP contribution in [0, 0.1) is 20.8 Å². The Hall–Kier alpha value is -1.39. The van der Waals surface area contributed by atoms with Crippen molar-refractivity contribution in [2.45, 2.75) is 27.4 Å². The molecular formula is C15H16BrNO2. The average Bonchev–Trinajstić information content (AvgIpc) is 2.32. The van der Waals surface area contributed by atoms with Gasteiger partial charge in [-0.2, -0.15) is 0 Å². The zero-order chi connectivity index (χ0) is 14.0. The summed E-state index contributed by atoms with van der Waals surface area (Å²) in [7, 11) is 0. The van der Waals surface area contributed by atoms with Gasteiger partial charge < -0.3 is 9.84 Å². The van der Waals surface area contributed by atoms with E-state index in [0.717, 1.165) is 32.6 Å². The van der Waals surface area contributed by atoms with Crippen molar-refractivity contribution in [3.05, 3.63) is 51.1 Å². The zero-order valence-electron chi connectivity index (χ0n) is 11.2. The summed E-state index contributed by atoms with van der Waals surface area (Å²) in [5.41, 5.74) is 3.60. The van der Waals surface area contributed by atoms with Crippen molar-refractivity contribution in [3.8, 4) is 11.6 Å². The maximum Gasteiger partial charge on any atom is 0.225 e. The highest BCUT2D eigenvalue weighted by molar-refractivity contribution is 9.10. The third kappa shape index (κ3) is 3.14. The van der Waals surface area contributed by atoms with Crippen molar-refractivity contribution >= 4 is 15.9 Å². The van der Waals surface area contributed by atoms with Gasteiger partial charge in [-0.05, 0) is 56.2 Å². The minimum atomic E-state index is -0.0793. The van der Waals surface area contributed by atoms with E-state index < -0.39 is 0 Å². The van der Waals surface area contributed by atoms with Gasteiger partial charge in [0.05, 0.1) is 6.61 Å². The van der Waals surface area contributed by atoms with E-state index in [9.17, 15) is 5.11 Å². The molecule has 0 bridgehead atoms. The molecule has 1 N–H and O–H groups in total. The molecule has 4 heteroatoms. The van der Waals surface area contributed by atoms with Crippen LogP contribution in [-0.4, -0.2) is 10.1 Å². The van der Waals surface area contributed by atoms with E-state index in [-0.39, 0.29) is 6.61 Å². The first-order valence-electron chi connectivity index (χ1n) is 6.03. The van der Waals surface area contributed by atoms with Gasteiger partial charge in [0, 0.05) is 15.7 Å². The maximum atomic E-state index is 9.45. The highest BCUT2D eigenvalue weighted by Crippen LogP contribution is 2.30. The molecule has 0 spiro atoms. The average molecular weight is 322 g/mol. The van der Waals surface area contributed by atoms with Crippen LogP contribution < -0.4 is 4.74 Å². The standard InChI is InChI=1S/C15H16BrNO2/c1-9-6-11(3)17-15(13(9)8-18)19-14-5-4-12(16)7-10(14)2/h4-7,18H,8H2,1-3H3. The van der Waals surface area contributed by atoms with Crippen LogP contribution in [0.4, 0.5) is 0 Å². The first-order valence-corrected chi connectivity index (χ1v) is 6.82. The maximum absolute atomic E-state index is 9.45. The Bertz CT molecular complexity index is 611. The summed E-state index contributed by atoms with van der Waals surface area (Å²) in [4.78, 5) is 4.37. The smallest absolute Gasteiger partial charge is 0.225 e. The number of halogens is 1. The Kier molecular flexibility index (Phi) is 4.22. The molecule has 0 amide bonds. The van der Waals surface area contributed by atoms with Crippen molar-refractivity contribution in [1.29, 1.82) is 0 Å². The molecule has 0 aliphatic heterocycles. The van der Waals surface area contributed by atoms with Crippen LogP contribution in [0.3, 0.4) is 0 Å². The molecule has 19 heavy (non-hydrogen) atoms. The second kappa shape index (κ2) is 5.72. The molecule has 0 unspecified atom stereocenters. The Morgan fingerprint density at radius 3 is 2.53 bits per heavy atom. The first-order chi connectivity index (χ1) is 9.01. The molecule has 2 aromatic rings. The Balaban J connectivity index is 2.42. The lowest BCUT2D eigenvalue weighted by Crippen LogP contribution is -2.00. The van der Waals surface area contributed by atoms with Crippen molar-refractivity contribution in [3.63, 3.8) is 0 Å². The monoisotopic (exact) mass is 321 g/mol. The summed E-state index contributed by atoms with van der Waals surface area (Å²) in [6, 6.07) is 7.73. The SMILES string of the molecule is Cc1cc(C)c(CO)c(Oc2ccc(Br)cc2C)n1. The van der Waals surface area contributed by atoms with Gasteiger partial charge in [0.1, 0.15) is 5.75 Å². The van der Waals surface area contributed by atoms with Crippen molar-refractivity contribution in [2.24, 2.45) is 0 Å². The number of nitrogens with zero attached hydrogens (tertiary/aromatic N) is 1. The molecule has 0 fully saturated rings. The largest absolute Gasteiger partial charge is 0.438 e. The van der Waals surface area contributed by atoms with E-state index >= 15 is 0 Å². The third-order valence-electron chi connectivity index (χ3n) is 2.94. The van der Waals surface area contributed by atoms with Gasteiger partial charge in [-0.15, -0.1) is 0 Å². The number of ether oxygens (including phenoxy) is 1. The van der Waals surface area contributed by atoms with Crippen molar-refractivity contribution in [2.75, 3.05) is 0 Å². The highest BCUT2D eigenvalue weighted by Gasteiger charge is 2.11. The van der Waals surface area contributed by atoms with Crippen LogP contribution in [0.2, 0.25) is 0 Å². The van der Waals surface area contributed by atoms with Crippen molar-refractivity contribution in [1.82, 2.24) is 4.98 Å². The van der Waals surface area contributed by atoms with Gasteiger partial charge in [-0.3, -0.25) is 0 Å². The number of hydrogen-bond donors (Lipinski definition) is 1. The predicted octanol–water partition coefficient (Wildman–Crippen LogP) is 4.05. The highest BCUT2D eigenvalue weighted by atomic mass is 79.9. The summed E-state index contributed by atoms with van der Waals surface area (Å²) in [6.45, 7) is 5.75. The Labute approximate surface area is 121 Å². The molecule has 1 aromatic heterocycles. The number of aromatic nitrogens is 1. The molecule has 0 aliphatic rings. The van der Waals surface area contributed by atoms with Crippen LogP contribution in [-0.2, 0) is 6.61 Å². The topological polar surface area (TPSA) is 42.4 Å². The lowest BCUT2D eigenvalue weighted by atomic mass is 10.1. The van der Waals surface area contributed by atoms with Crippen LogP contribution in [0.25, 0.3) is 0 Å².